The summed E-state index contributed by atoms with van der Waals surface area (Å²) in [4.78, 5) is 13.1. The molecule has 3 nitrogen and oxygen atoms in total. The molecule has 0 saturated heterocycles. The maximum absolute atomic E-state index is 13.0. The first-order valence-electron chi connectivity index (χ1n) is 6.14. The Kier molecular flexibility index (Phi) is 4.63. The molecule has 104 valence electrons. The molecule has 2 aromatic carbocycles. The first kappa shape index (κ1) is 14.4. The van der Waals surface area contributed by atoms with Gasteiger partial charge in [0, 0.05) is 10.6 Å². The van der Waals surface area contributed by atoms with Gasteiger partial charge < -0.3 is 11.1 Å². The summed E-state index contributed by atoms with van der Waals surface area (Å²) in [5, 5.41) is 2.46. The smallest absolute Gasteiger partial charge is 0.237 e. The van der Waals surface area contributed by atoms with Gasteiger partial charge >= 0.3 is 0 Å². The zero-order chi connectivity index (χ0) is 14.5. The fourth-order valence-electron chi connectivity index (χ4n) is 1.62. The molecule has 0 aliphatic rings. The van der Waals surface area contributed by atoms with E-state index < -0.39 is 5.82 Å². The van der Waals surface area contributed by atoms with Crippen molar-refractivity contribution >= 4 is 29.0 Å². The van der Waals surface area contributed by atoms with Gasteiger partial charge in [-0.05, 0) is 37.3 Å². The zero-order valence-corrected chi connectivity index (χ0v) is 11.8. The van der Waals surface area contributed by atoms with E-state index in [0.29, 0.717) is 5.69 Å². The molecule has 2 aromatic rings. The quantitative estimate of drug-likeness (QED) is 0.669. The number of halogens is 1. The molecular formula is C15H15FN2OS. The van der Waals surface area contributed by atoms with E-state index in [-0.39, 0.29) is 16.8 Å². The molecule has 20 heavy (non-hydrogen) atoms. The van der Waals surface area contributed by atoms with Crippen LogP contribution in [0.4, 0.5) is 15.8 Å². The minimum absolute atomic E-state index is 0.0196. The molecule has 0 radical (unpaired) electrons. The second kappa shape index (κ2) is 6.43. The molecule has 3 N–H and O–H groups in total. The van der Waals surface area contributed by atoms with Gasteiger partial charge in [-0.15, -0.1) is 11.8 Å². The summed E-state index contributed by atoms with van der Waals surface area (Å²) in [6.07, 6.45) is 0. The van der Waals surface area contributed by atoms with Crippen molar-refractivity contribution in [2.45, 2.75) is 17.1 Å². The van der Waals surface area contributed by atoms with Crippen molar-refractivity contribution in [3.63, 3.8) is 0 Å². The van der Waals surface area contributed by atoms with E-state index in [4.69, 9.17) is 5.73 Å². The highest BCUT2D eigenvalue weighted by Crippen LogP contribution is 2.24. The van der Waals surface area contributed by atoms with Crippen LogP contribution >= 0.6 is 11.8 Å². The number of nitrogen functional groups attached to an aromatic ring is 1. The van der Waals surface area contributed by atoms with Crippen LogP contribution in [0.25, 0.3) is 0 Å². The van der Waals surface area contributed by atoms with Crippen molar-refractivity contribution in [3.05, 3.63) is 54.3 Å². The van der Waals surface area contributed by atoms with E-state index in [1.54, 1.807) is 0 Å². The van der Waals surface area contributed by atoms with Crippen molar-refractivity contribution in [1.82, 2.24) is 0 Å². The number of amides is 1. The number of benzene rings is 2. The fourth-order valence-corrected chi connectivity index (χ4v) is 2.51. The van der Waals surface area contributed by atoms with Gasteiger partial charge in [0.1, 0.15) is 5.82 Å². The summed E-state index contributed by atoms with van der Waals surface area (Å²) < 4.78 is 13.0. The Labute approximate surface area is 121 Å². The van der Waals surface area contributed by atoms with Crippen LogP contribution in [-0.2, 0) is 4.79 Å². The zero-order valence-electron chi connectivity index (χ0n) is 11.0. The van der Waals surface area contributed by atoms with Crippen molar-refractivity contribution in [2.24, 2.45) is 0 Å². The summed E-state index contributed by atoms with van der Waals surface area (Å²) in [6.45, 7) is 1.82. The number of hydrogen-bond acceptors (Lipinski definition) is 3. The minimum Gasteiger partial charge on any atom is -0.396 e. The second-order valence-electron chi connectivity index (χ2n) is 4.30. The van der Waals surface area contributed by atoms with E-state index in [9.17, 15) is 9.18 Å². The highest BCUT2D eigenvalue weighted by molar-refractivity contribution is 8.00. The van der Waals surface area contributed by atoms with Gasteiger partial charge in [-0.1, -0.05) is 18.2 Å². The maximum atomic E-state index is 13.0. The minimum atomic E-state index is -0.491. The third-order valence-electron chi connectivity index (χ3n) is 2.69. The molecule has 1 atom stereocenters. The molecule has 0 fully saturated rings. The third-order valence-corrected chi connectivity index (χ3v) is 3.80. The number of carbonyl (C=O) groups excluding carboxylic acids is 1. The molecular weight excluding hydrogens is 275 g/mol. The fraction of sp³-hybridized carbons (Fsp3) is 0.133. The third kappa shape index (κ3) is 3.74. The highest BCUT2D eigenvalue weighted by Gasteiger charge is 2.14. The van der Waals surface area contributed by atoms with Gasteiger partial charge in [-0.25, -0.2) is 4.39 Å². The highest BCUT2D eigenvalue weighted by atomic mass is 32.2. The van der Waals surface area contributed by atoms with E-state index in [1.165, 1.54) is 30.0 Å². The average Bonchev–Trinajstić information content (AvgIpc) is 2.44. The molecule has 0 spiro atoms. The van der Waals surface area contributed by atoms with Gasteiger partial charge in [-0.3, -0.25) is 4.79 Å². The summed E-state index contributed by atoms with van der Waals surface area (Å²) in [5.74, 6) is -0.639. The predicted molar refractivity (Wildman–Crippen MR) is 81.2 cm³/mol. The Balaban J connectivity index is 1.99. The van der Waals surface area contributed by atoms with Crippen molar-refractivity contribution in [3.8, 4) is 0 Å². The van der Waals surface area contributed by atoms with E-state index in [1.807, 2.05) is 37.3 Å². The summed E-state index contributed by atoms with van der Waals surface area (Å²) in [6, 6.07) is 13.8. The van der Waals surface area contributed by atoms with Gasteiger partial charge in [-0.2, -0.15) is 0 Å². The average molecular weight is 290 g/mol. The Morgan fingerprint density at radius 3 is 2.60 bits per heavy atom. The van der Waals surface area contributed by atoms with Crippen molar-refractivity contribution in [1.29, 1.82) is 0 Å². The number of nitrogens with two attached hydrogens (primary N) is 1. The van der Waals surface area contributed by atoms with Crippen LogP contribution < -0.4 is 11.1 Å². The van der Waals surface area contributed by atoms with Crippen LogP contribution in [0.5, 0.6) is 0 Å². The van der Waals surface area contributed by atoms with Crippen LogP contribution in [0, 0.1) is 5.82 Å². The van der Waals surface area contributed by atoms with Crippen molar-refractivity contribution in [2.75, 3.05) is 11.1 Å². The topological polar surface area (TPSA) is 55.1 Å². The lowest BCUT2D eigenvalue weighted by molar-refractivity contribution is -0.115. The van der Waals surface area contributed by atoms with Gasteiger partial charge in [0.2, 0.25) is 5.91 Å². The number of nitrogens with one attached hydrogen (secondary N) is 1. The van der Waals surface area contributed by atoms with E-state index in [0.717, 1.165) is 4.90 Å². The van der Waals surface area contributed by atoms with E-state index in [2.05, 4.69) is 5.32 Å². The number of anilines is 2. The molecule has 0 aliphatic heterocycles. The monoisotopic (exact) mass is 290 g/mol. The molecule has 0 aliphatic carbocycles. The van der Waals surface area contributed by atoms with Gasteiger partial charge in [0.15, 0.2) is 0 Å². The predicted octanol–water partition coefficient (Wildman–Crippen LogP) is 3.53. The lowest BCUT2D eigenvalue weighted by Crippen LogP contribution is -2.22. The molecule has 1 amide bonds. The lowest BCUT2D eigenvalue weighted by atomic mass is 10.2. The Morgan fingerprint density at radius 1 is 1.25 bits per heavy atom. The number of rotatable bonds is 4. The van der Waals surface area contributed by atoms with Crippen LogP contribution in [0.15, 0.2) is 53.4 Å². The number of hydrogen-bond donors (Lipinski definition) is 2. The molecule has 0 heterocycles. The standard InChI is InChI=1S/C15H15FN2OS/c1-10(20-12-5-3-2-4-6-12)15(19)18-11-7-8-13(16)14(17)9-11/h2-10H,17H2,1H3,(H,18,19). The molecule has 2 rings (SSSR count). The first-order chi connectivity index (χ1) is 9.56. The van der Waals surface area contributed by atoms with Gasteiger partial charge in [0.05, 0.1) is 10.9 Å². The molecule has 5 heteroatoms. The van der Waals surface area contributed by atoms with E-state index >= 15 is 0 Å². The summed E-state index contributed by atoms with van der Waals surface area (Å²) >= 11 is 1.46. The number of thioether (sulfide) groups is 1. The molecule has 0 bridgehead atoms. The normalized spacial score (nSPS) is 11.9. The SMILES string of the molecule is CC(Sc1ccccc1)C(=O)Nc1ccc(F)c(N)c1. The first-order valence-corrected chi connectivity index (χ1v) is 7.02. The molecule has 1 unspecified atom stereocenters. The Morgan fingerprint density at radius 2 is 1.95 bits per heavy atom. The molecule has 0 aromatic heterocycles. The largest absolute Gasteiger partial charge is 0.396 e. The van der Waals surface area contributed by atoms with Crippen LogP contribution in [-0.4, -0.2) is 11.2 Å². The van der Waals surface area contributed by atoms with Crippen molar-refractivity contribution < 1.29 is 9.18 Å². The van der Waals surface area contributed by atoms with Crippen LogP contribution in [0.2, 0.25) is 0 Å². The van der Waals surface area contributed by atoms with Crippen LogP contribution in [0.3, 0.4) is 0 Å². The Hall–Kier alpha value is -2.01. The second-order valence-corrected chi connectivity index (χ2v) is 5.71. The number of carbonyl (C=O) groups is 1. The summed E-state index contributed by atoms with van der Waals surface area (Å²) in [7, 11) is 0. The molecule has 0 saturated carbocycles. The summed E-state index contributed by atoms with van der Waals surface area (Å²) in [5.41, 5.74) is 5.98. The van der Waals surface area contributed by atoms with Gasteiger partial charge in [0.25, 0.3) is 0 Å². The maximum Gasteiger partial charge on any atom is 0.237 e. The lowest BCUT2D eigenvalue weighted by Gasteiger charge is -2.12. The Bertz CT molecular complexity index is 604. The van der Waals surface area contributed by atoms with Crippen LogP contribution in [0.1, 0.15) is 6.92 Å².